The van der Waals surface area contributed by atoms with Gasteiger partial charge in [-0.3, -0.25) is 9.59 Å². The molecule has 0 fully saturated rings. The second-order valence-corrected chi connectivity index (χ2v) is 4.99. The van der Waals surface area contributed by atoms with Crippen molar-refractivity contribution in [2.45, 2.75) is 26.4 Å². The lowest BCUT2D eigenvalue weighted by Gasteiger charge is -2.09. The lowest BCUT2D eigenvalue weighted by Crippen LogP contribution is -2.12. The Labute approximate surface area is 122 Å². The van der Waals surface area contributed by atoms with Gasteiger partial charge in [-0.05, 0) is 31.5 Å². The van der Waals surface area contributed by atoms with E-state index in [9.17, 15) is 9.59 Å². The van der Waals surface area contributed by atoms with Gasteiger partial charge in [0.1, 0.15) is 6.29 Å². The van der Waals surface area contributed by atoms with Gasteiger partial charge in [0.15, 0.2) is 0 Å². The van der Waals surface area contributed by atoms with Crippen molar-refractivity contribution in [2.24, 2.45) is 0 Å². The van der Waals surface area contributed by atoms with Gasteiger partial charge in [-0.1, -0.05) is 35.3 Å². The first-order chi connectivity index (χ1) is 8.93. The van der Waals surface area contributed by atoms with E-state index in [4.69, 9.17) is 27.9 Å². The highest BCUT2D eigenvalue weighted by molar-refractivity contribution is 6.50. The SMILES string of the molecule is CC(C)OC(=O)CC(C=O)=C(Cl)c1ccc(Cl)cc1. The summed E-state index contributed by atoms with van der Waals surface area (Å²) in [6.45, 7) is 3.48. The average Bonchev–Trinajstić information content (AvgIpc) is 2.35. The normalized spacial score (nSPS) is 12.1. The van der Waals surface area contributed by atoms with Crippen LogP contribution in [0.15, 0.2) is 29.8 Å². The number of carbonyl (C=O) groups excluding carboxylic acids is 2. The van der Waals surface area contributed by atoms with Gasteiger partial charge in [-0.2, -0.15) is 0 Å². The topological polar surface area (TPSA) is 43.4 Å². The van der Waals surface area contributed by atoms with Gasteiger partial charge in [0.25, 0.3) is 0 Å². The quantitative estimate of drug-likeness (QED) is 0.471. The summed E-state index contributed by atoms with van der Waals surface area (Å²) in [4.78, 5) is 22.5. The largest absolute Gasteiger partial charge is 0.463 e. The van der Waals surface area contributed by atoms with Gasteiger partial charge in [-0.15, -0.1) is 0 Å². The summed E-state index contributed by atoms with van der Waals surface area (Å²) >= 11 is 11.9. The van der Waals surface area contributed by atoms with E-state index in [1.807, 2.05) is 0 Å². The third-order valence-electron chi connectivity index (χ3n) is 2.22. The number of rotatable bonds is 5. The molecule has 0 saturated carbocycles. The van der Waals surface area contributed by atoms with Crippen LogP contribution in [0.2, 0.25) is 5.02 Å². The molecule has 19 heavy (non-hydrogen) atoms. The number of ether oxygens (including phenoxy) is 1. The lowest BCUT2D eigenvalue weighted by atomic mass is 10.1. The van der Waals surface area contributed by atoms with Crippen LogP contribution in [0, 0.1) is 0 Å². The summed E-state index contributed by atoms with van der Waals surface area (Å²) in [6, 6.07) is 6.69. The fourth-order valence-electron chi connectivity index (χ4n) is 1.41. The monoisotopic (exact) mass is 300 g/mol. The van der Waals surface area contributed by atoms with Crippen LogP contribution in [0.4, 0.5) is 0 Å². The molecule has 5 heteroatoms. The van der Waals surface area contributed by atoms with Crippen LogP contribution >= 0.6 is 23.2 Å². The summed E-state index contributed by atoms with van der Waals surface area (Å²) in [5.74, 6) is -0.482. The molecule has 0 saturated heterocycles. The summed E-state index contributed by atoms with van der Waals surface area (Å²) in [5.41, 5.74) is 0.820. The first-order valence-corrected chi connectivity index (χ1v) is 6.49. The lowest BCUT2D eigenvalue weighted by molar-refractivity contribution is -0.146. The third-order valence-corrected chi connectivity index (χ3v) is 2.94. The number of benzene rings is 1. The van der Waals surface area contributed by atoms with Crippen molar-refractivity contribution < 1.29 is 14.3 Å². The standard InChI is InChI=1S/C14H14Cl2O3/c1-9(2)19-13(18)7-11(8-17)14(16)10-3-5-12(15)6-4-10/h3-6,8-9H,7H2,1-2H3. The third kappa shape index (κ3) is 5.05. The minimum atomic E-state index is -0.482. The first-order valence-electron chi connectivity index (χ1n) is 5.73. The number of carbonyl (C=O) groups is 2. The van der Waals surface area contributed by atoms with E-state index < -0.39 is 5.97 Å². The van der Waals surface area contributed by atoms with Crippen molar-refractivity contribution >= 4 is 40.5 Å². The highest BCUT2D eigenvalue weighted by atomic mass is 35.5. The summed E-state index contributed by atoms with van der Waals surface area (Å²) in [7, 11) is 0. The maximum atomic E-state index is 11.5. The first kappa shape index (κ1) is 15.7. The molecule has 0 amide bonds. The number of esters is 1. The Morgan fingerprint density at radius 1 is 1.32 bits per heavy atom. The number of hydrogen-bond donors (Lipinski definition) is 0. The summed E-state index contributed by atoms with van der Waals surface area (Å²) in [6.07, 6.45) is 0.191. The van der Waals surface area contributed by atoms with Crippen LogP contribution in [0.3, 0.4) is 0 Å². The average molecular weight is 301 g/mol. The van der Waals surface area contributed by atoms with E-state index in [1.54, 1.807) is 38.1 Å². The molecule has 1 aromatic carbocycles. The van der Waals surface area contributed by atoms with E-state index in [2.05, 4.69) is 0 Å². The van der Waals surface area contributed by atoms with E-state index in [0.717, 1.165) is 0 Å². The Morgan fingerprint density at radius 3 is 2.37 bits per heavy atom. The molecule has 0 aliphatic heterocycles. The Balaban J connectivity index is 2.92. The predicted octanol–water partition coefficient (Wildman–Crippen LogP) is 3.83. The van der Waals surface area contributed by atoms with Crippen LogP contribution in [0.1, 0.15) is 25.8 Å². The maximum Gasteiger partial charge on any atom is 0.310 e. The molecule has 1 rings (SSSR count). The Kier molecular flexibility index (Phi) is 6.06. The molecule has 1 aromatic rings. The molecule has 0 heterocycles. The van der Waals surface area contributed by atoms with Crippen LogP contribution in [0.5, 0.6) is 0 Å². The van der Waals surface area contributed by atoms with Gasteiger partial charge in [0.05, 0.1) is 17.6 Å². The molecule has 0 spiro atoms. The van der Waals surface area contributed by atoms with Crippen molar-refractivity contribution in [3.8, 4) is 0 Å². The van der Waals surface area contributed by atoms with Crippen molar-refractivity contribution in [3.05, 3.63) is 40.4 Å². The summed E-state index contributed by atoms with van der Waals surface area (Å²) in [5, 5.41) is 0.799. The molecular weight excluding hydrogens is 287 g/mol. The van der Waals surface area contributed by atoms with E-state index >= 15 is 0 Å². The van der Waals surface area contributed by atoms with Gasteiger partial charge in [0, 0.05) is 10.6 Å². The molecule has 0 unspecified atom stereocenters. The van der Waals surface area contributed by atoms with E-state index in [1.165, 1.54) is 0 Å². The molecule has 3 nitrogen and oxygen atoms in total. The number of aldehydes is 1. The van der Waals surface area contributed by atoms with Crippen LogP contribution < -0.4 is 0 Å². The van der Waals surface area contributed by atoms with Gasteiger partial charge in [0.2, 0.25) is 0 Å². The van der Waals surface area contributed by atoms with Crippen molar-refractivity contribution in [2.75, 3.05) is 0 Å². The van der Waals surface area contributed by atoms with Crippen LogP contribution in [-0.4, -0.2) is 18.4 Å². The molecule has 0 aliphatic rings. The number of halogens is 2. The van der Waals surface area contributed by atoms with Crippen LogP contribution in [0.25, 0.3) is 5.03 Å². The zero-order valence-corrected chi connectivity index (χ0v) is 12.2. The molecule has 102 valence electrons. The molecule has 0 aromatic heterocycles. The molecule has 0 atom stereocenters. The molecule has 0 N–H and O–H groups in total. The maximum absolute atomic E-state index is 11.5. The Hall–Kier alpha value is -1.32. The van der Waals surface area contributed by atoms with Crippen LogP contribution in [-0.2, 0) is 14.3 Å². The van der Waals surface area contributed by atoms with E-state index in [-0.39, 0.29) is 23.1 Å². The highest BCUT2D eigenvalue weighted by Crippen LogP contribution is 2.25. The fraction of sp³-hybridized carbons (Fsp3) is 0.286. The predicted molar refractivity (Wildman–Crippen MR) is 76.1 cm³/mol. The van der Waals surface area contributed by atoms with E-state index in [0.29, 0.717) is 16.9 Å². The molecule has 0 aliphatic carbocycles. The number of hydrogen-bond acceptors (Lipinski definition) is 3. The zero-order chi connectivity index (χ0) is 14.4. The highest BCUT2D eigenvalue weighted by Gasteiger charge is 2.13. The smallest absolute Gasteiger partial charge is 0.310 e. The van der Waals surface area contributed by atoms with Crippen molar-refractivity contribution in [1.82, 2.24) is 0 Å². The minimum absolute atomic E-state index is 0.150. The van der Waals surface area contributed by atoms with Gasteiger partial charge >= 0.3 is 5.97 Å². The second-order valence-electron chi connectivity index (χ2n) is 4.18. The van der Waals surface area contributed by atoms with Crippen molar-refractivity contribution in [1.29, 1.82) is 0 Å². The van der Waals surface area contributed by atoms with Crippen molar-refractivity contribution in [3.63, 3.8) is 0 Å². The Morgan fingerprint density at radius 2 is 1.89 bits per heavy atom. The zero-order valence-electron chi connectivity index (χ0n) is 10.7. The second kappa shape index (κ2) is 7.31. The van der Waals surface area contributed by atoms with Gasteiger partial charge in [-0.25, -0.2) is 0 Å². The molecular formula is C14H14Cl2O3. The Bertz CT molecular complexity index is 490. The summed E-state index contributed by atoms with van der Waals surface area (Å²) < 4.78 is 4.98. The molecule has 0 bridgehead atoms. The minimum Gasteiger partial charge on any atom is -0.463 e. The fourth-order valence-corrected chi connectivity index (χ4v) is 1.78. The van der Waals surface area contributed by atoms with Gasteiger partial charge < -0.3 is 4.74 Å². The molecule has 0 radical (unpaired) electrons.